The molecule has 0 radical (unpaired) electrons. The lowest BCUT2D eigenvalue weighted by Gasteiger charge is -2.13. The van der Waals surface area contributed by atoms with Gasteiger partial charge in [0.1, 0.15) is 12.7 Å². The van der Waals surface area contributed by atoms with Crippen molar-refractivity contribution in [1.82, 2.24) is 30.3 Å². The third-order valence-corrected chi connectivity index (χ3v) is 2.49. The normalized spacial score (nSPS) is 10.8. The molecule has 0 bridgehead atoms. The number of methoxy groups -OCH3 is 2. The smallest absolute Gasteiger partial charge is 0.271 e. The Morgan fingerprint density at radius 2 is 2.15 bits per heavy atom. The van der Waals surface area contributed by atoms with Crippen molar-refractivity contribution in [3.8, 4) is 5.82 Å². The summed E-state index contributed by atoms with van der Waals surface area (Å²) in [5, 5.41) is 14.3. The Hall–Kier alpha value is -2.39. The molecule has 0 atom stereocenters. The van der Waals surface area contributed by atoms with E-state index in [0.717, 1.165) is 0 Å². The average molecular weight is 278 g/mol. The highest BCUT2D eigenvalue weighted by Crippen LogP contribution is 2.01. The molecule has 20 heavy (non-hydrogen) atoms. The number of carbonyl (C=O) groups excluding carboxylic acids is 1. The summed E-state index contributed by atoms with van der Waals surface area (Å²) in [5.74, 6) is 0.118. The minimum absolute atomic E-state index is 0.194. The molecule has 0 aliphatic rings. The fourth-order valence-corrected chi connectivity index (χ4v) is 1.42. The minimum Gasteiger partial charge on any atom is -0.354 e. The number of aromatic nitrogens is 5. The number of rotatable bonds is 6. The minimum atomic E-state index is -0.499. The Kier molecular flexibility index (Phi) is 4.69. The fourth-order valence-electron chi connectivity index (χ4n) is 1.42. The molecule has 0 spiro atoms. The van der Waals surface area contributed by atoms with E-state index in [1.807, 2.05) is 0 Å². The number of ether oxygens (including phenoxy) is 2. The zero-order chi connectivity index (χ0) is 14.4. The number of amides is 1. The summed E-state index contributed by atoms with van der Waals surface area (Å²) < 4.78 is 11.4. The van der Waals surface area contributed by atoms with E-state index in [1.54, 1.807) is 12.1 Å². The van der Waals surface area contributed by atoms with Crippen molar-refractivity contribution in [3.63, 3.8) is 0 Å². The van der Waals surface area contributed by atoms with Crippen LogP contribution in [-0.4, -0.2) is 57.9 Å². The summed E-state index contributed by atoms with van der Waals surface area (Å²) in [6, 6.07) is 3.18. The summed E-state index contributed by atoms with van der Waals surface area (Å²) in [7, 11) is 2.99. The van der Waals surface area contributed by atoms with E-state index in [9.17, 15) is 4.79 Å². The molecule has 0 aliphatic carbocycles. The van der Waals surface area contributed by atoms with Gasteiger partial charge in [-0.1, -0.05) is 0 Å². The van der Waals surface area contributed by atoms with Crippen LogP contribution in [0, 0.1) is 0 Å². The Bertz CT molecular complexity index is 538. The molecule has 106 valence electrons. The lowest BCUT2D eigenvalue weighted by atomic mass is 10.3. The summed E-state index contributed by atoms with van der Waals surface area (Å²) in [6.45, 7) is 0.221. The third-order valence-electron chi connectivity index (χ3n) is 2.49. The van der Waals surface area contributed by atoms with Gasteiger partial charge in [-0.05, 0) is 12.1 Å². The molecule has 2 aromatic heterocycles. The SMILES string of the molecule is COC(CNC(=O)c1ccc(-n2cncn2)nn1)OC. The molecule has 2 aromatic rings. The zero-order valence-electron chi connectivity index (χ0n) is 11.1. The van der Waals surface area contributed by atoms with Crippen LogP contribution in [0.3, 0.4) is 0 Å². The van der Waals surface area contributed by atoms with Crippen LogP contribution in [0.5, 0.6) is 0 Å². The van der Waals surface area contributed by atoms with Crippen molar-refractivity contribution in [2.45, 2.75) is 6.29 Å². The van der Waals surface area contributed by atoms with Crippen LogP contribution in [0.4, 0.5) is 0 Å². The van der Waals surface area contributed by atoms with Gasteiger partial charge in [0.25, 0.3) is 5.91 Å². The molecule has 0 aliphatic heterocycles. The van der Waals surface area contributed by atoms with Crippen LogP contribution in [0.15, 0.2) is 24.8 Å². The van der Waals surface area contributed by atoms with E-state index in [2.05, 4.69) is 25.6 Å². The van der Waals surface area contributed by atoms with Gasteiger partial charge in [-0.2, -0.15) is 5.10 Å². The molecule has 2 heterocycles. The fraction of sp³-hybridized carbons (Fsp3) is 0.364. The third kappa shape index (κ3) is 3.33. The lowest BCUT2D eigenvalue weighted by Crippen LogP contribution is -2.34. The maximum Gasteiger partial charge on any atom is 0.271 e. The first-order valence-electron chi connectivity index (χ1n) is 5.77. The van der Waals surface area contributed by atoms with Gasteiger partial charge >= 0.3 is 0 Å². The van der Waals surface area contributed by atoms with Crippen LogP contribution >= 0.6 is 0 Å². The molecule has 0 fully saturated rings. The average Bonchev–Trinajstić information content (AvgIpc) is 3.02. The molecule has 9 nitrogen and oxygen atoms in total. The van der Waals surface area contributed by atoms with Gasteiger partial charge < -0.3 is 14.8 Å². The Labute approximate surface area is 114 Å². The molecule has 1 amide bonds. The van der Waals surface area contributed by atoms with E-state index in [4.69, 9.17) is 9.47 Å². The highest BCUT2D eigenvalue weighted by Gasteiger charge is 2.11. The summed E-state index contributed by atoms with van der Waals surface area (Å²) in [5.41, 5.74) is 0.194. The molecule has 1 N–H and O–H groups in total. The van der Waals surface area contributed by atoms with Crippen molar-refractivity contribution in [1.29, 1.82) is 0 Å². The second kappa shape index (κ2) is 6.68. The van der Waals surface area contributed by atoms with E-state index in [1.165, 1.54) is 31.6 Å². The first-order valence-corrected chi connectivity index (χ1v) is 5.77. The molecule has 0 aromatic carbocycles. The topological polar surface area (TPSA) is 104 Å². The van der Waals surface area contributed by atoms with E-state index < -0.39 is 6.29 Å². The van der Waals surface area contributed by atoms with Gasteiger partial charge in [-0.3, -0.25) is 4.79 Å². The quantitative estimate of drug-likeness (QED) is 0.704. The first kappa shape index (κ1) is 14.0. The van der Waals surface area contributed by atoms with Crippen molar-refractivity contribution >= 4 is 5.91 Å². The molecule has 0 unspecified atom stereocenters. The van der Waals surface area contributed by atoms with Crippen LogP contribution in [0.2, 0.25) is 0 Å². The maximum absolute atomic E-state index is 11.8. The molecule has 0 saturated carbocycles. The summed E-state index contributed by atoms with van der Waals surface area (Å²) in [4.78, 5) is 15.6. The van der Waals surface area contributed by atoms with E-state index >= 15 is 0 Å². The summed E-state index contributed by atoms with van der Waals surface area (Å²) in [6.07, 6.45) is 2.38. The van der Waals surface area contributed by atoms with Gasteiger partial charge in [0.05, 0.1) is 6.54 Å². The van der Waals surface area contributed by atoms with Crippen molar-refractivity contribution in [2.75, 3.05) is 20.8 Å². The standard InChI is InChI=1S/C11H14N6O3/c1-19-10(20-2)5-13-11(18)8-3-4-9(16-15-8)17-7-12-6-14-17/h3-4,6-7,10H,5H2,1-2H3,(H,13,18). The molecule has 9 heteroatoms. The van der Waals surface area contributed by atoms with Crippen LogP contribution in [-0.2, 0) is 9.47 Å². The van der Waals surface area contributed by atoms with Crippen molar-refractivity contribution in [3.05, 3.63) is 30.5 Å². The molecular formula is C11H14N6O3. The van der Waals surface area contributed by atoms with Crippen LogP contribution < -0.4 is 5.32 Å². The number of nitrogens with one attached hydrogen (secondary N) is 1. The van der Waals surface area contributed by atoms with Gasteiger partial charge in [-0.25, -0.2) is 9.67 Å². The maximum atomic E-state index is 11.8. The largest absolute Gasteiger partial charge is 0.354 e. The predicted octanol–water partition coefficient (Wildman–Crippen LogP) is -0.594. The number of hydrogen-bond donors (Lipinski definition) is 1. The van der Waals surface area contributed by atoms with Crippen molar-refractivity contribution in [2.24, 2.45) is 0 Å². The zero-order valence-corrected chi connectivity index (χ0v) is 11.1. The van der Waals surface area contributed by atoms with E-state index in [-0.39, 0.29) is 18.1 Å². The molecule has 2 rings (SSSR count). The van der Waals surface area contributed by atoms with Crippen LogP contribution in [0.25, 0.3) is 5.82 Å². The second-order valence-electron chi connectivity index (χ2n) is 3.73. The monoisotopic (exact) mass is 278 g/mol. The highest BCUT2D eigenvalue weighted by atomic mass is 16.7. The van der Waals surface area contributed by atoms with Gasteiger partial charge in [0.15, 0.2) is 17.8 Å². The Balaban J connectivity index is 1.97. The highest BCUT2D eigenvalue weighted by molar-refractivity contribution is 5.92. The molecule has 0 saturated heterocycles. The lowest BCUT2D eigenvalue weighted by molar-refractivity contribution is -0.0974. The van der Waals surface area contributed by atoms with E-state index in [0.29, 0.717) is 5.82 Å². The van der Waals surface area contributed by atoms with Crippen LogP contribution in [0.1, 0.15) is 10.5 Å². The second-order valence-corrected chi connectivity index (χ2v) is 3.73. The number of nitrogens with zero attached hydrogens (tertiary/aromatic N) is 5. The van der Waals surface area contributed by atoms with Gasteiger partial charge in [-0.15, -0.1) is 10.2 Å². The van der Waals surface area contributed by atoms with Gasteiger partial charge in [0, 0.05) is 14.2 Å². The van der Waals surface area contributed by atoms with Gasteiger partial charge in [0.2, 0.25) is 0 Å². The first-order chi connectivity index (χ1) is 9.74. The van der Waals surface area contributed by atoms with Crippen molar-refractivity contribution < 1.29 is 14.3 Å². The Morgan fingerprint density at radius 3 is 2.70 bits per heavy atom. The predicted molar refractivity (Wildman–Crippen MR) is 67.1 cm³/mol. The Morgan fingerprint density at radius 1 is 1.35 bits per heavy atom. The summed E-state index contributed by atoms with van der Waals surface area (Å²) >= 11 is 0. The number of carbonyl (C=O) groups is 1. The number of hydrogen-bond acceptors (Lipinski definition) is 7. The molecular weight excluding hydrogens is 264 g/mol.